The summed E-state index contributed by atoms with van der Waals surface area (Å²) in [7, 11) is 0.0701. The van der Waals surface area contributed by atoms with Crippen LogP contribution in [0.1, 0.15) is 18.0 Å². The van der Waals surface area contributed by atoms with Crippen molar-refractivity contribution in [2.24, 2.45) is 5.92 Å². The third kappa shape index (κ3) is 3.89. The van der Waals surface area contributed by atoms with Crippen molar-refractivity contribution in [2.45, 2.75) is 23.1 Å². The number of amides is 1. The first-order valence-electron chi connectivity index (χ1n) is 9.47. The summed E-state index contributed by atoms with van der Waals surface area (Å²) in [5.74, 6) is -0.199. The van der Waals surface area contributed by atoms with Gasteiger partial charge in [-0.05, 0) is 50.0 Å². The van der Waals surface area contributed by atoms with Crippen LogP contribution in [0.15, 0.2) is 38.6 Å². The van der Waals surface area contributed by atoms with Gasteiger partial charge in [-0.1, -0.05) is 6.07 Å². The van der Waals surface area contributed by atoms with Gasteiger partial charge in [-0.25, -0.2) is 8.42 Å². The van der Waals surface area contributed by atoms with E-state index in [1.807, 2.05) is 6.07 Å². The van der Waals surface area contributed by atoms with Crippen LogP contribution in [0.5, 0.6) is 0 Å². The van der Waals surface area contributed by atoms with Crippen LogP contribution in [0.25, 0.3) is 0 Å². The lowest BCUT2D eigenvalue weighted by Crippen LogP contribution is -2.49. The van der Waals surface area contributed by atoms with E-state index < -0.39 is 10.0 Å². The van der Waals surface area contributed by atoms with Gasteiger partial charge in [0.05, 0.1) is 6.54 Å². The summed E-state index contributed by atoms with van der Waals surface area (Å²) in [6, 6.07) is 6.85. The summed E-state index contributed by atoms with van der Waals surface area (Å²) < 4.78 is 29.5. The topological polar surface area (TPSA) is 91.7 Å². The second-order valence-corrected chi connectivity index (χ2v) is 11.0. The number of nitrogens with one attached hydrogen (secondary N) is 1. The normalized spacial score (nSPS) is 21.8. The molecule has 2 atom stereocenters. The number of thiophene rings is 1. The summed E-state index contributed by atoms with van der Waals surface area (Å²) >= 11 is 1.22. The molecular formula is C19H24N4O4S2. The average molecular weight is 437 g/mol. The number of sulfonamides is 1. The zero-order valence-electron chi connectivity index (χ0n) is 16.4. The molecule has 0 radical (unpaired) electrons. The predicted molar refractivity (Wildman–Crippen MR) is 112 cm³/mol. The van der Waals surface area contributed by atoms with Crippen molar-refractivity contribution >= 4 is 33.0 Å². The summed E-state index contributed by atoms with van der Waals surface area (Å²) in [5, 5.41) is 4.45. The first-order chi connectivity index (χ1) is 13.8. The van der Waals surface area contributed by atoms with Gasteiger partial charge < -0.3 is 14.8 Å². The monoisotopic (exact) mass is 436 g/mol. The van der Waals surface area contributed by atoms with Gasteiger partial charge in [0.15, 0.2) is 0 Å². The maximum Gasteiger partial charge on any atom is 0.274 e. The highest BCUT2D eigenvalue weighted by atomic mass is 32.2. The minimum absolute atomic E-state index is 0.0311. The van der Waals surface area contributed by atoms with Gasteiger partial charge in [-0.3, -0.25) is 9.59 Å². The quantitative estimate of drug-likeness (QED) is 0.761. The molecule has 1 N–H and O–H groups in total. The Balaban J connectivity index is 1.60. The van der Waals surface area contributed by atoms with Gasteiger partial charge in [0.25, 0.3) is 15.6 Å². The fourth-order valence-corrected chi connectivity index (χ4v) is 6.91. The third-order valence-electron chi connectivity index (χ3n) is 5.39. The van der Waals surface area contributed by atoms with Crippen molar-refractivity contribution in [3.63, 3.8) is 0 Å². The van der Waals surface area contributed by atoms with Crippen LogP contribution in [0.2, 0.25) is 0 Å². The molecule has 10 heteroatoms. The van der Waals surface area contributed by atoms with Gasteiger partial charge >= 0.3 is 0 Å². The number of aromatic nitrogens is 1. The molecule has 29 heavy (non-hydrogen) atoms. The van der Waals surface area contributed by atoms with E-state index in [1.54, 1.807) is 51.4 Å². The van der Waals surface area contributed by atoms with Crippen LogP contribution in [-0.4, -0.2) is 61.8 Å². The molecule has 0 aliphatic carbocycles. The van der Waals surface area contributed by atoms with Crippen LogP contribution in [-0.2, 0) is 21.4 Å². The van der Waals surface area contributed by atoms with Crippen LogP contribution in [0.3, 0.4) is 0 Å². The Morgan fingerprint density at radius 3 is 2.72 bits per heavy atom. The smallest absolute Gasteiger partial charge is 0.274 e. The number of hydrogen-bond acceptors (Lipinski definition) is 6. The van der Waals surface area contributed by atoms with Crippen molar-refractivity contribution in [1.29, 1.82) is 0 Å². The first kappa shape index (κ1) is 20.3. The molecule has 0 spiro atoms. The average Bonchev–Trinajstić information content (AvgIpc) is 3.19. The number of pyridine rings is 1. The molecule has 1 fully saturated rings. The maximum absolute atomic E-state index is 12.9. The number of carbonyl (C=O) groups is 1. The number of fused-ring (bicyclic) bond motifs is 4. The molecular weight excluding hydrogens is 412 g/mol. The zero-order chi connectivity index (χ0) is 20.8. The highest BCUT2D eigenvalue weighted by Gasteiger charge is 2.40. The highest BCUT2D eigenvalue weighted by Crippen LogP contribution is 2.38. The third-order valence-corrected chi connectivity index (χ3v) is 8.60. The fourth-order valence-electron chi connectivity index (χ4n) is 4.21. The minimum atomic E-state index is -3.51. The number of nitrogens with zero attached hydrogens (tertiary/aromatic N) is 3. The molecule has 0 aromatic carbocycles. The van der Waals surface area contributed by atoms with E-state index in [1.165, 1.54) is 11.3 Å². The standard InChI is InChI=1S/C19H24N4O4S2/c1-21(2)12-17(24)20-15-5-6-16-14-8-13(10-23(16)19(15)25)9-22(11-14)29(26,27)18-4-3-7-28-18/h3-7,13-14H,8-12H2,1-2H3,(H,20,24)/t13-,14+/m0/s1. The van der Waals surface area contributed by atoms with Gasteiger partial charge in [-0.2, -0.15) is 4.31 Å². The van der Waals surface area contributed by atoms with Crippen LogP contribution in [0, 0.1) is 5.92 Å². The number of likely N-dealkylation sites (N-methyl/N-ethyl adjacent to an activating group) is 1. The maximum atomic E-state index is 12.9. The van der Waals surface area contributed by atoms with Crippen molar-refractivity contribution in [2.75, 3.05) is 39.0 Å². The van der Waals surface area contributed by atoms with E-state index in [2.05, 4.69) is 5.32 Å². The Morgan fingerprint density at radius 2 is 2.03 bits per heavy atom. The Labute approximate surface area is 173 Å². The van der Waals surface area contributed by atoms with Crippen molar-refractivity contribution in [3.05, 3.63) is 45.7 Å². The van der Waals surface area contributed by atoms with Gasteiger partial charge in [0, 0.05) is 31.2 Å². The Bertz CT molecular complexity index is 1080. The van der Waals surface area contributed by atoms with Gasteiger partial charge in [-0.15, -0.1) is 11.3 Å². The van der Waals surface area contributed by atoms with Gasteiger partial charge in [0.1, 0.15) is 9.90 Å². The summed E-state index contributed by atoms with van der Waals surface area (Å²) in [6.07, 6.45) is 0.863. The molecule has 2 aliphatic rings. The molecule has 1 saturated heterocycles. The van der Waals surface area contributed by atoms with E-state index in [4.69, 9.17) is 0 Å². The largest absolute Gasteiger partial charge is 0.320 e. The summed E-state index contributed by atoms with van der Waals surface area (Å²) in [4.78, 5) is 26.7. The highest BCUT2D eigenvalue weighted by molar-refractivity contribution is 7.91. The number of rotatable bonds is 5. The predicted octanol–water partition coefficient (Wildman–Crippen LogP) is 1.22. The van der Waals surface area contributed by atoms with Gasteiger partial charge in [0.2, 0.25) is 5.91 Å². The minimum Gasteiger partial charge on any atom is -0.320 e. The van der Waals surface area contributed by atoms with E-state index in [0.29, 0.717) is 23.8 Å². The van der Waals surface area contributed by atoms with E-state index in [9.17, 15) is 18.0 Å². The molecule has 2 aromatic heterocycles. The lowest BCUT2D eigenvalue weighted by Gasteiger charge is -2.42. The molecule has 156 valence electrons. The SMILES string of the molecule is CN(C)CC(=O)Nc1ccc2n(c1=O)C[C@H]1C[C@@H]2CN(S(=O)(=O)c2cccs2)C1. The summed E-state index contributed by atoms with van der Waals surface area (Å²) in [5.41, 5.74) is 0.880. The van der Waals surface area contributed by atoms with E-state index >= 15 is 0 Å². The molecule has 2 aromatic rings. The van der Waals surface area contributed by atoms with Crippen LogP contribution in [0.4, 0.5) is 5.69 Å². The Hall–Kier alpha value is -2.01. The second-order valence-electron chi connectivity index (χ2n) is 7.93. The Kier molecular flexibility index (Phi) is 5.36. The lowest BCUT2D eigenvalue weighted by molar-refractivity contribution is -0.116. The lowest BCUT2D eigenvalue weighted by atomic mass is 9.84. The number of carbonyl (C=O) groups excluding carboxylic acids is 1. The van der Waals surface area contributed by atoms with E-state index in [0.717, 1.165) is 12.1 Å². The van der Waals surface area contributed by atoms with Crippen LogP contribution >= 0.6 is 11.3 Å². The number of hydrogen-bond donors (Lipinski definition) is 1. The molecule has 2 bridgehead atoms. The van der Waals surface area contributed by atoms with Crippen molar-refractivity contribution in [3.8, 4) is 0 Å². The van der Waals surface area contributed by atoms with Crippen molar-refractivity contribution in [1.82, 2.24) is 13.8 Å². The molecule has 2 aliphatic heterocycles. The molecule has 4 heterocycles. The molecule has 0 saturated carbocycles. The van der Waals surface area contributed by atoms with Crippen LogP contribution < -0.4 is 10.9 Å². The zero-order valence-corrected chi connectivity index (χ0v) is 18.0. The second kappa shape index (κ2) is 7.67. The number of anilines is 1. The first-order valence-corrected chi connectivity index (χ1v) is 11.8. The molecule has 8 nitrogen and oxygen atoms in total. The fraction of sp³-hybridized carbons (Fsp3) is 0.474. The molecule has 0 unspecified atom stereocenters. The Morgan fingerprint density at radius 1 is 1.24 bits per heavy atom. The molecule has 1 amide bonds. The molecule has 4 rings (SSSR count). The number of piperidine rings is 1. The summed E-state index contributed by atoms with van der Waals surface area (Å²) in [6.45, 7) is 1.42. The van der Waals surface area contributed by atoms with E-state index in [-0.39, 0.29) is 35.5 Å². The van der Waals surface area contributed by atoms with Crippen molar-refractivity contribution < 1.29 is 13.2 Å².